The van der Waals surface area contributed by atoms with E-state index in [1.807, 2.05) is 44.2 Å². The van der Waals surface area contributed by atoms with Gasteiger partial charge in [0.05, 0.1) is 7.11 Å². The first-order valence-corrected chi connectivity index (χ1v) is 14.0. The predicted molar refractivity (Wildman–Crippen MR) is 159 cm³/mol. The number of methoxy groups -OCH3 is 1. The number of Topliss-reactive ketones (excluding diaryl/α,β-unsaturated/α-hetero) is 1. The van der Waals surface area contributed by atoms with E-state index in [-0.39, 0.29) is 22.9 Å². The summed E-state index contributed by atoms with van der Waals surface area (Å²) in [7, 11) is 1.58. The normalized spacial score (nSPS) is 13.6. The van der Waals surface area contributed by atoms with E-state index in [9.17, 15) is 9.18 Å². The molecule has 1 saturated carbocycles. The number of benzene rings is 3. The van der Waals surface area contributed by atoms with Gasteiger partial charge in [0.2, 0.25) is 0 Å². The first-order chi connectivity index (χ1) is 18.7. The predicted octanol–water partition coefficient (Wildman–Crippen LogP) is 9.33. The molecule has 3 aromatic rings. The minimum atomic E-state index is -0.282. The summed E-state index contributed by atoms with van der Waals surface area (Å²) in [4.78, 5) is 11.8. The molecule has 1 aliphatic carbocycles. The van der Waals surface area contributed by atoms with E-state index < -0.39 is 0 Å². The molecule has 0 N–H and O–H groups in total. The number of carbonyl (C=O) groups is 1. The van der Waals surface area contributed by atoms with Crippen molar-refractivity contribution in [1.82, 2.24) is 0 Å². The van der Waals surface area contributed by atoms with Gasteiger partial charge in [0.15, 0.2) is 0 Å². The Balaban J connectivity index is 0.00000205. The molecule has 3 nitrogen and oxygen atoms in total. The van der Waals surface area contributed by atoms with Crippen molar-refractivity contribution >= 4 is 5.78 Å². The van der Waals surface area contributed by atoms with Crippen LogP contribution in [0.15, 0.2) is 73.3 Å². The zero-order chi connectivity index (χ0) is 28.6. The second kappa shape index (κ2) is 13.6. The molecule has 1 aliphatic rings. The highest BCUT2D eigenvalue weighted by atomic mass is 19.1. The van der Waals surface area contributed by atoms with Gasteiger partial charge in [0, 0.05) is 12.0 Å². The van der Waals surface area contributed by atoms with E-state index >= 15 is 0 Å². The van der Waals surface area contributed by atoms with E-state index in [2.05, 4.69) is 38.6 Å². The molecule has 1 fully saturated rings. The highest BCUT2D eigenvalue weighted by Gasteiger charge is 2.33. The summed E-state index contributed by atoms with van der Waals surface area (Å²) in [5.41, 5.74) is 4.41. The Hall–Kier alpha value is -3.40. The summed E-state index contributed by atoms with van der Waals surface area (Å²) in [6.45, 7) is 14.3. The number of allylic oxidation sites excluding steroid dienone is 1. The molecule has 3 aromatic carbocycles. The lowest BCUT2D eigenvalue weighted by Gasteiger charge is -2.23. The van der Waals surface area contributed by atoms with Crippen molar-refractivity contribution in [3.63, 3.8) is 0 Å². The molecule has 208 valence electrons. The lowest BCUT2D eigenvalue weighted by atomic mass is 9.82. The zero-order valence-electron chi connectivity index (χ0n) is 24.4. The summed E-state index contributed by atoms with van der Waals surface area (Å²) < 4.78 is 26.4. The maximum absolute atomic E-state index is 14.9. The third kappa shape index (κ3) is 8.29. The molecule has 0 aromatic heterocycles. The van der Waals surface area contributed by atoms with Crippen LogP contribution in [-0.4, -0.2) is 12.9 Å². The fourth-order valence-electron chi connectivity index (χ4n) is 4.91. The number of rotatable bonds is 12. The fraction of sp³-hybridized carbons (Fsp3) is 0.400. The highest BCUT2D eigenvalue weighted by molar-refractivity contribution is 5.76. The van der Waals surface area contributed by atoms with Crippen LogP contribution in [0.5, 0.6) is 11.5 Å². The molecule has 4 rings (SSSR count). The molecule has 0 saturated heterocycles. The van der Waals surface area contributed by atoms with Crippen LogP contribution in [0.1, 0.15) is 76.5 Å². The summed E-state index contributed by atoms with van der Waals surface area (Å²) >= 11 is 0. The van der Waals surface area contributed by atoms with Gasteiger partial charge in [-0.25, -0.2) is 4.39 Å². The summed E-state index contributed by atoms with van der Waals surface area (Å²) in [6, 6.07) is 19.0. The minimum absolute atomic E-state index is 0.160. The second-order valence-electron chi connectivity index (χ2n) is 10.9. The number of hydrogen-bond acceptors (Lipinski definition) is 3. The molecule has 0 bridgehead atoms. The van der Waals surface area contributed by atoms with Crippen LogP contribution in [0.3, 0.4) is 0 Å². The lowest BCUT2D eigenvalue weighted by molar-refractivity contribution is -0.117. The number of ether oxygens (including phenoxy) is 2. The molecular weight excluding hydrogens is 487 g/mol. The second-order valence-corrected chi connectivity index (χ2v) is 10.9. The molecule has 1 unspecified atom stereocenters. The number of ketones is 1. The first-order valence-electron chi connectivity index (χ1n) is 14.0. The first kappa shape index (κ1) is 30.1. The van der Waals surface area contributed by atoms with Gasteiger partial charge in [-0.15, -0.1) is 6.58 Å². The maximum atomic E-state index is 14.9. The van der Waals surface area contributed by atoms with E-state index in [1.54, 1.807) is 26.2 Å². The Labute approximate surface area is 234 Å². The Bertz CT molecular complexity index is 1270. The van der Waals surface area contributed by atoms with Gasteiger partial charge in [-0.2, -0.15) is 0 Å². The molecule has 0 aliphatic heterocycles. The van der Waals surface area contributed by atoms with Gasteiger partial charge in [-0.1, -0.05) is 64.1 Å². The molecule has 39 heavy (non-hydrogen) atoms. The van der Waals surface area contributed by atoms with Crippen molar-refractivity contribution in [3.8, 4) is 22.6 Å². The summed E-state index contributed by atoms with van der Waals surface area (Å²) in [6.07, 6.45) is 5.60. The van der Waals surface area contributed by atoms with E-state index in [4.69, 9.17) is 9.47 Å². The monoisotopic (exact) mass is 530 g/mol. The number of halogens is 1. The zero-order valence-corrected chi connectivity index (χ0v) is 24.4. The molecule has 0 heterocycles. The Morgan fingerprint density at radius 1 is 1.05 bits per heavy atom. The van der Waals surface area contributed by atoms with Crippen LogP contribution in [-0.2, 0) is 17.8 Å². The van der Waals surface area contributed by atoms with Crippen molar-refractivity contribution in [1.29, 1.82) is 0 Å². The minimum Gasteiger partial charge on any atom is -0.497 e. The van der Waals surface area contributed by atoms with Gasteiger partial charge in [-0.05, 0) is 96.0 Å². The third-order valence-electron chi connectivity index (χ3n) is 7.22. The average Bonchev–Trinajstić information content (AvgIpc) is 3.78. The molecule has 0 amide bonds. The third-order valence-corrected chi connectivity index (χ3v) is 7.22. The average molecular weight is 531 g/mol. The maximum Gasteiger partial charge on any atom is 0.131 e. The van der Waals surface area contributed by atoms with Crippen molar-refractivity contribution in [2.45, 2.75) is 72.8 Å². The van der Waals surface area contributed by atoms with Gasteiger partial charge < -0.3 is 14.3 Å². The fourth-order valence-corrected chi connectivity index (χ4v) is 4.91. The van der Waals surface area contributed by atoms with Gasteiger partial charge in [0.25, 0.3) is 0 Å². The Morgan fingerprint density at radius 3 is 2.44 bits per heavy atom. The molecule has 4 heteroatoms. The smallest absolute Gasteiger partial charge is 0.131 e. The topological polar surface area (TPSA) is 35.5 Å². The standard InChI is InChI=1S/C33H37FO3.C2H6/c1-6-33(3,4)20-26-17-23(10-14-29(26)31-19-27(36-5)13-15-32(31)34)21-37-28-9-7-8-25(18-28)30(16-22(2)35)24-11-12-24;1-2/h6-10,13-15,17-19,24,30H,1,11-12,16,20-21H2,2-5H3;1-2H3. The van der Waals surface area contributed by atoms with Gasteiger partial charge in [-0.3, -0.25) is 0 Å². The van der Waals surface area contributed by atoms with Crippen LogP contribution < -0.4 is 9.47 Å². The quantitative estimate of drug-likeness (QED) is 0.219. The lowest BCUT2D eigenvalue weighted by Crippen LogP contribution is -2.12. The van der Waals surface area contributed by atoms with E-state index in [0.29, 0.717) is 36.7 Å². The van der Waals surface area contributed by atoms with Crippen LogP contribution in [0.25, 0.3) is 11.1 Å². The summed E-state index contributed by atoms with van der Waals surface area (Å²) in [5, 5.41) is 0. The Kier molecular flexibility index (Phi) is 10.5. The van der Waals surface area contributed by atoms with Crippen molar-refractivity contribution in [2.75, 3.05) is 7.11 Å². The van der Waals surface area contributed by atoms with E-state index in [0.717, 1.165) is 22.4 Å². The van der Waals surface area contributed by atoms with Crippen molar-refractivity contribution in [2.24, 2.45) is 11.3 Å². The van der Waals surface area contributed by atoms with Crippen molar-refractivity contribution in [3.05, 3.63) is 95.8 Å². The van der Waals surface area contributed by atoms with Crippen molar-refractivity contribution < 1.29 is 18.7 Å². The molecule has 1 atom stereocenters. The van der Waals surface area contributed by atoms with Gasteiger partial charge >= 0.3 is 0 Å². The van der Waals surface area contributed by atoms with Crippen LogP contribution in [0.4, 0.5) is 4.39 Å². The van der Waals surface area contributed by atoms with E-state index in [1.165, 1.54) is 24.5 Å². The van der Waals surface area contributed by atoms with Crippen LogP contribution >= 0.6 is 0 Å². The molecule has 0 spiro atoms. The SMILES string of the molecule is C=CC(C)(C)Cc1cc(COc2cccc(C(CC(C)=O)C3CC3)c2)ccc1-c1cc(OC)ccc1F.CC. The highest BCUT2D eigenvalue weighted by Crippen LogP contribution is 2.45. The summed E-state index contributed by atoms with van der Waals surface area (Å²) in [5.74, 6) is 2.22. The van der Waals surface area contributed by atoms with Crippen LogP contribution in [0.2, 0.25) is 0 Å². The molecular formula is C35H43FO3. The number of carbonyl (C=O) groups excluding carboxylic acids is 1. The largest absolute Gasteiger partial charge is 0.497 e. The van der Waals surface area contributed by atoms with Gasteiger partial charge in [0.1, 0.15) is 29.7 Å². The number of hydrogen-bond donors (Lipinski definition) is 0. The molecule has 0 radical (unpaired) electrons. The van der Waals surface area contributed by atoms with Crippen LogP contribution in [0, 0.1) is 17.2 Å². The Morgan fingerprint density at radius 2 is 1.79 bits per heavy atom.